The predicted molar refractivity (Wildman–Crippen MR) is 82.1 cm³/mol. The molecule has 6 heteroatoms. The number of aromatic nitrogens is 2. The second kappa shape index (κ2) is 6.41. The lowest BCUT2D eigenvalue weighted by atomic mass is 9.86. The van der Waals surface area contributed by atoms with Crippen molar-refractivity contribution in [2.75, 3.05) is 0 Å². The van der Waals surface area contributed by atoms with Gasteiger partial charge in [0.2, 0.25) is 0 Å². The molecule has 0 unspecified atom stereocenters. The molecule has 0 aromatic carbocycles. The number of aromatic amines is 1. The van der Waals surface area contributed by atoms with Crippen molar-refractivity contribution in [2.24, 2.45) is 5.92 Å². The van der Waals surface area contributed by atoms with Crippen molar-refractivity contribution in [1.82, 2.24) is 15.5 Å². The molecule has 0 atom stereocenters. The molecule has 112 valence electrons. The largest absolute Gasteiger partial charge is 0.481 e. The number of hydrogen-bond acceptors (Lipinski definition) is 4. The lowest BCUT2D eigenvalue weighted by Crippen LogP contribution is -2.34. The number of nitrogens with one attached hydrogen (secondary N) is 2. The Bertz CT molecular complexity index is 586. The summed E-state index contributed by atoms with van der Waals surface area (Å²) >= 11 is 1.70. The molecule has 1 saturated carbocycles. The van der Waals surface area contributed by atoms with Crippen LogP contribution in [0.25, 0.3) is 10.6 Å². The van der Waals surface area contributed by atoms with Crippen molar-refractivity contribution in [3.05, 3.63) is 29.3 Å². The number of rotatable bonds is 5. The fourth-order valence-electron chi connectivity index (χ4n) is 2.88. The number of hydrogen-bond donors (Lipinski definition) is 3. The zero-order chi connectivity index (χ0) is 14.7. The third kappa shape index (κ3) is 3.33. The van der Waals surface area contributed by atoms with Crippen LogP contribution in [-0.2, 0) is 11.3 Å². The Hall–Kier alpha value is -1.66. The summed E-state index contributed by atoms with van der Waals surface area (Å²) in [6, 6.07) is 4.53. The van der Waals surface area contributed by atoms with Crippen molar-refractivity contribution in [1.29, 1.82) is 0 Å². The van der Waals surface area contributed by atoms with Crippen LogP contribution in [0.15, 0.2) is 23.7 Å². The lowest BCUT2D eigenvalue weighted by molar-refractivity contribution is -0.142. The monoisotopic (exact) mass is 305 g/mol. The van der Waals surface area contributed by atoms with Gasteiger partial charge in [0.1, 0.15) is 0 Å². The molecule has 0 aliphatic heterocycles. The minimum Gasteiger partial charge on any atom is -0.481 e. The van der Waals surface area contributed by atoms with Crippen LogP contribution in [0.4, 0.5) is 0 Å². The first-order chi connectivity index (χ1) is 10.2. The Balaban J connectivity index is 1.55. The van der Waals surface area contributed by atoms with Gasteiger partial charge < -0.3 is 10.4 Å². The Kier molecular flexibility index (Phi) is 4.36. The van der Waals surface area contributed by atoms with Crippen LogP contribution in [0.2, 0.25) is 0 Å². The molecule has 5 nitrogen and oxygen atoms in total. The maximum atomic E-state index is 11.0. The number of carboxylic acid groups (broad SMARTS) is 1. The molecule has 2 heterocycles. The van der Waals surface area contributed by atoms with E-state index in [1.165, 1.54) is 4.88 Å². The minimum absolute atomic E-state index is 0.154. The highest BCUT2D eigenvalue weighted by Gasteiger charge is 2.25. The molecule has 1 fully saturated rings. The molecule has 0 spiro atoms. The minimum atomic E-state index is -0.650. The highest BCUT2D eigenvalue weighted by Crippen LogP contribution is 2.27. The zero-order valence-electron chi connectivity index (χ0n) is 11.7. The summed E-state index contributed by atoms with van der Waals surface area (Å²) in [5.41, 5.74) is 2.24. The summed E-state index contributed by atoms with van der Waals surface area (Å²) in [5, 5.41) is 21.8. The third-order valence-electron chi connectivity index (χ3n) is 4.14. The Morgan fingerprint density at radius 3 is 2.90 bits per heavy atom. The SMILES string of the molecule is O=C(O)C1CCC(NCc2cn[nH]c2-c2cccs2)CC1. The van der Waals surface area contributed by atoms with Gasteiger partial charge in [-0.05, 0) is 37.1 Å². The summed E-state index contributed by atoms with van der Waals surface area (Å²) in [7, 11) is 0. The number of carbonyl (C=O) groups is 1. The lowest BCUT2D eigenvalue weighted by Gasteiger charge is -2.26. The number of carboxylic acids is 1. The maximum Gasteiger partial charge on any atom is 0.306 e. The van der Waals surface area contributed by atoms with Crippen molar-refractivity contribution < 1.29 is 9.90 Å². The predicted octanol–water partition coefficient (Wildman–Crippen LogP) is 2.87. The first-order valence-corrected chi connectivity index (χ1v) is 8.14. The van der Waals surface area contributed by atoms with Gasteiger partial charge in [-0.3, -0.25) is 9.89 Å². The molecule has 0 amide bonds. The molecule has 3 N–H and O–H groups in total. The summed E-state index contributed by atoms with van der Waals surface area (Å²) in [6.45, 7) is 0.770. The molecular formula is C15H19N3O2S. The number of thiophene rings is 1. The van der Waals surface area contributed by atoms with Gasteiger partial charge in [-0.25, -0.2) is 0 Å². The molecule has 1 aliphatic carbocycles. The van der Waals surface area contributed by atoms with Crippen molar-refractivity contribution in [3.63, 3.8) is 0 Å². The Morgan fingerprint density at radius 2 is 2.24 bits per heavy atom. The van der Waals surface area contributed by atoms with E-state index in [2.05, 4.69) is 27.0 Å². The number of aliphatic carboxylic acids is 1. The number of H-pyrrole nitrogens is 1. The molecule has 0 bridgehead atoms. The molecule has 2 aromatic rings. The van der Waals surface area contributed by atoms with Crippen molar-refractivity contribution in [2.45, 2.75) is 38.3 Å². The zero-order valence-corrected chi connectivity index (χ0v) is 12.5. The summed E-state index contributed by atoms with van der Waals surface area (Å²) in [4.78, 5) is 12.1. The Morgan fingerprint density at radius 1 is 1.43 bits per heavy atom. The number of nitrogens with zero attached hydrogens (tertiary/aromatic N) is 1. The van der Waals surface area contributed by atoms with Gasteiger partial charge in [0.15, 0.2) is 0 Å². The van der Waals surface area contributed by atoms with E-state index < -0.39 is 5.97 Å². The second-order valence-corrected chi connectivity index (χ2v) is 6.46. The van der Waals surface area contributed by atoms with E-state index in [-0.39, 0.29) is 5.92 Å². The fourth-order valence-corrected chi connectivity index (χ4v) is 3.63. The van der Waals surface area contributed by atoms with Crippen LogP contribution in [0, 0.1) is 5.92 Å². The van der Waals surface area contributed by atoms with E-state index in [1.54, 1.807) is 11.3 Å². The summed E-state index contributed by atoms with van der Waals surface area (Å²) in [5.74, 6) is -0.804. The quantitative estimate of drug-likeness (QED) is 0.793. The highest BCUT2D eigenvalue weighted by atomic mass is 32.1. The van der Waals surface area contributed by atoms with E-state index in [9.17, 15) is 4.79 Å². The molecule has 0 saturated heterocycles. The van der Waals surface area contributed by atoms with Gasteiger partial charge in [-0.15, -0.1) is 11.3 Å². The van der Waals surface area contributed by atoms with Gasteiger partial charge in [0, 0.05) is 18.2 Å². The van der Waals surface area contributed by atoms with E-state index in [1.807, 2.05) is 12.3 Å². The molecule has 0 radical (unpaired) electrons. The van der Waals surface area contributed by atoms with Gasteiger partial charge in [0.05, 0.1) is 22.7 Å². The van der Waals surface area contributed by atoms with Gasteiger partial charge in [0.25, 0.3) is 0 Å². The summed E-state index contributed by atoms with van der Waals surface area (Å²) in [6.07, 6.45) is 5.28. The van der Waals surface area contributed by atoms with Crippen LogP contribution in [0.1, 0.15) is 31.2 Å². The van der Waals surface area contributed by atoms with E-state index in [0.29, 0.717) is 6.04 Å². The van der Waals surface area contributed by atoms with Crippen LogP contribution in [0.5, 0.6) is 0 Å². The molecule has 1 aliphatic rings. The van der Waals surface area contributed by atoms with Crippen molar-refractivity contribution in [3.8, 4) is 10.6 Å². The smallest absolute Gasteiger partial charge is 0.306 e. The third-order valence-corrected chi connectivity index (χ3v) is 5.03. The first kappa shape index (κ1) is 14.3. The topological polar surface area (TPSA) is 78.0 Å². The van der Waals surface area contributed by atoms with Crippen LogP contribution in [0.3, 0.4) is 0 Å². The summed E-state index contributed by atoms with van der Waals surface area (Å²) < 4.78 is 0. The normalized spacial score (nSPS) is 22.3. The molecule has 3 rings (SSSR count). The van der Waals surface area contributed by atoms with Gasteiger partial charge >= 0.3 is 5.97 Å². The first-order valence-electron chi connectivity index (χ1n) is 7.26. The highest BCUT2D eigenvalue weighted by molar-refractivity contribution is 7.13. The van der Waals surface area contributed by atoms with E-state index in [4.69, 9.17) is 5.11 Å². The van der Waals surface area contributed by atoms with Crippen LogP contribution in [-0.4, -0.2) is 27.3 Å². The van der Waals surface area contributed by atoms with E-state index in [0.717, 1.165) is 43.5 Å². The average molecular weight is 305 g/mol. The Labute approximate surface area is 127 Å². The standard InChI is InChI=1S/C15H19N3O2S/c19-15(20)10-3-5-12(6-4-10)16-8-11-9-17-18-14(11)13-2-1-7-21-13/h1-2,7,9-10,12,16H,3-6,8H2,(H,17,18)(H,19,20). The molecule has 21 heavy (non-hydrogen) atoms. The molecule has 2 aromatic heterocycles. The van der Waals surface area contributed by atoms with E-state index >= 15 is 0 Å². The molecular weight excluding hydrogens is 286 g/mol. The van der Waals surface area contributed by atoms with Gasteiger partial charge in [-0.1, -0.05) is 6.07 Å². The fraction of sp³-hybridized carbons (Fsp3) is 0.467. The average Bonchev–Trinajstić information content (AvgIpc) is 3.16. The van der Waals surface area contributed by atoms with Crippen LogP contribution >= 0.6 is 11.3 Å². The van der Waals surface area contributed by atoms with Crippen LogP contribution < -0.4 is 5.32 Å². The van der Waals surface area contributed by atoms with Gasteiger partial charge in [-0.2, -0.15) is 5.10 Å². The van der Waals surface area contributed by atoms with Crippen molar-refractivity contribution >= 4 is 17.3 Å². The second-order valence-electron chi connectivity index (χ2n) is 5.52. The maximum absolute atomic E-state index is 11.0.